The van der Waals surface area contributed by atoms with Gasteiger partial charge in [-0.05, 0) is 25.1 Å². The maximum absolute atomic E-state index is 12.0. The third-order valence-electron chi connectivity index (χ3n) is 4.55. The molecule has 0 saturated heterocycles. The zero-order chi connectivity index (χ0) is 21.8. The molecule has 11 heteroatoms. The first-order valence-electron chi connectivity index (χ1n) is 9.24. The molecule has 2 aliphatic heterocycles. The minimum absolute atomic E-state index is 0.0166. The smallest absolute Gasteiger partial charge is 0.347 e. The number of non-ortho nitro benzene ring substituents is 1. The molecule has 31 heavy (non-hydrogen) atoms. The highest BCUT2D eigenvalue weighted by Gasteiger charge is 2.22. The Hall–Kier alpha value is -3.86. The van der Waals surface area contributed by atoms with Crippen LogP contribution in [0, 0.1) is 10.1 Å². The van der Waals surface area contributed by atoms with Crippen LogP contribution in [0.3, 0.4) is 0 Å². The second-order valence-electron chi connectivity index (χ2n) is 6.64. The zero-order valence-electron chi connectivity index (χ0n) is 16.5. The summed E-state index contributed by atoms with van der Waals surface area (Å²) < 4.78 is 26.3. The third-order valence-corrected chi connectivity index (χ3v) is 4.55. The van der Waals surface area contributed by atoms with Crippen LogP contribution in [0.15, 0.2) is 35.5 Å². The van der Waals surface area contributed by atoms with Crippen molar-refractivity contribution < 1.29 is 38.2 Å². The minimum Gasteiger partial charge on any atom is -0.467 e. The summed E-state index contributed by atoms with van der Waals surface area (Å²) in [5.41, 5.74) is 2.04. The first kappa shape index (κ1) is 20.4. The molecule has 0 atom stereocenters. The van der Waals surface area contributed by atoms with Crippen LogP contribution in [0.1, 0.15) is 23.6 Å². The van der Waals surface area contributed by atoms with Crippen LogP contribution in [-0.2, 0) is 32.3 Å². The molecule has 0 bridgehead atoms. The predicted octanol–water partition coefficient (Wildman–Crippen LogP) is 2.67. The molecule has 4 rings (SSSR count). The van der Waals surface area contributed by atoms with Gasteiger partial charge in [0.05, 0.1) is 17.2 Å². The average molecular weight is 430 g/mol. The number of oxime groups is 1. The summed E-state index contributed by atoms with van der Waals surface area (Å²) in [6.45, 7) is 1.44. The summed E-state index contributed by atoms with van der Waals surface area (Å²) in [7, 11) is 0. The molecule has 0 aromatic heterocycles. The summed E-state index contributed by atoms with van der Waals surface area (Å²) >= 11 is 0. The molecule has 11 nitrogen and oxygen atoms in total. The van der Waals surface area contributed by atoms with Crippen molar-refractivity contribution in [2.45, 2.75) is 20.1 Å². The van der Waals surface area contributed by atoms with Gasteiger partial charge in [0.25, 0.3) is 5.69 Å². The van der Waals surface area contributed by atoms with E-state index in [1.165, 1.54) is 12.1 Å². The molecule has 0 fully saturated rings. The van der Waals surface area contributed by atoms with Crippen LogP contribution in [-0.4, -0.2) is 36.8 Å². The summed E-state index contributed by atoms with van der Waals surface area (Å²) in [4.78, 5) is 27.7. The quantitative estimate of drug-likeness (QED) is 0.282. The van der Waals surface area contributed by atoms with Gasteiger partial charge in [0.1, 0.15) is 12.4 Å². The maximum atomic E-state index is 12.0. The first-order valence-corrected chi connectivity index (χ1v) is 9.24. The van der Waals surface area contributed by atoms with Crippen molar-refractivity contribution in [1.82, 2.24) is 0 Å². The van der Waals surface area contributed by atoms with Crippen molar-refractivity contribution >= 4 is 17.4 Å². The lowest BCUT2D eigenvalue weighted by atomic mass is 10.1. The second kappa shape index (κ2) is 8.88. The first-order chi connectivity index (χ1) is 15.0. The lowest BCUT2D eigenvalue weighted by molar-refractivity contribution is -0.385. The standard InChI is InChI=1S/C20H18N2O9/c1-12(13-2-3-17-18(6-13)29-11-28-17)21-31-9-19(23)27-8-15-5-16(22(24)25)4-14-7-26-10-30-20(14)15/h2-6H,7-11H2,1H3/b21-12-. The fourth-order valence-corrected chi connectivity index (χ4v) is 3.05. The number of nitro benzene ring substituents is 1. The third kappa shape index (κ3) is 4.67. The van der Waals surface area contributed by atoms with Crippen molar-refractivity contribution in [2.75, 3.05) is 20.2 Å². The van der Waals surface area contributed by atoms with E-state index in [0.717, 1.165) is 5.56 Å². The molecule has 2 heterocycles. The van der Waals surface area contributed by atoms with E-state index in [0.29, 0.717) is 34.1 Å². The Bertz CT molecular complexity index is 1050. The molecule has 0 aliphatic carbocycles. The highest BCUT2D eigenvalue weighted by Crippen LogP contribution is 2.34. The molecule has 2 aromatic rings. The fourth-order valence-electron chi connectivity index (χ4n) is 3.05. The Labute approximate surface area is 176 Å². The van der Waals surface area contributed by atoms with Crippen LogP contribution in [0.2, 0.25) is 0 Å². The largest absolute Gasteiger partial charge is 0.467 e. The number of carbonyl (C=O) groups is 1. The van der Waals surface area contributed by atoms with E-state index in [2.05, 4.69) is 5.16 Å². The van der Waals surface area contributed by atoms with Crippen molar-refractivity contribution in [2.24, 2.45) is 5.16 Å². The summed E-state index contributed by atoms with van der Waals surface area (Å²) in [6, 6.07) is 8.00. The molecule has 0 amide bonds. The molecular formula is C20H18N2O9. The molecule has 0 unspecified atom stereocenters. The number of ether oxygens (including phenoxy) is 5. The number of rotatable bonds is 7. The SMILES string of the molecule is C/C(=N/OCC(=O)OCc1cc([N+](=O)[O-])cc2c1OCOC2)c1ccc2c(c1)OCO2. The number of carbonyl (C=O) groups excluding carboxylic acids is 1. The number of nitrogens with zero attached hydrogens (tertiary/aromatic N) is 2. The summed E-state index contributed by atoms with van der Waals surface area (Å²) in [5, 5.41) is 15.0. The molecule has 0 saturated carbocycles. The van der Waals surface area contributed by atoms with E-state index >= 15 is 0 Å². The topological polar surface area (TPSA) is 128 Å². The normalized spacial score (nSPS) is 14.4. The number of nitro groups is 1. The maximum Gasteiger partial charge on any atom is 0.347 e. The van der Waals surface area contributed by atoms with Crippen LogP contribution in [0.25, 0.3) is 0 Å². The summed E-state index contributed by atoms with van der Waals surface area (Å²) in [6.07, 6.45) is 0. The van der Waals surface area contributed by atoms with Crippen LogP contribution >= 0.6 is 0 Å². The monoisotopic (exact) mass is 430 g/mol. The van der Waals surface area contributed by atoms with Gasteiger partial charge in [-0.15, -0.1) is 0 Å². The van der Waals surface area contributed by atoms with Crippen molar-refractivity contribution in [3.05, 3.63) is 57.1 Å². The molecule has 2 aromatic carbocycles. The predicted molar refractivity (Wildman–Crippen MR) is 104 cm³/mol. The van der Waals surface area contributed by atoms with Gasteiger partial charge in [-0.25, -0.2) is 4.79 Å². The van der Waals surface area contributed by atoms with E-state index in [1.807, 2.05) is 0 Å². The van der Waals surface area contributed by atoms with E-state index < -0.39 is 17.5 Å². The molecule has 162 valence electrons. The van der Waals surface area contributed by atoms with E-state index in [1.54, 1.807) is 25.1 Å². The second-order valence-corrected chi connectivity index (χ2v) is 6.64. The van der Waals surface area contributed by atoms with Gasteiger partial charge in [-0.1, -0.05) is 5.16 Å². The van der Waals surface area contributed by atoms with Crippen LogP contribution < -0.4 is 14.2 Å². The van der Waals surface area contributed by atoms with Crippen LogP contribution in [0.5, 0.6) is 17.2 Å². The summed E-state index contributed by atoms with van der Waals surface area (Å²) in [5.74, 6) is 0.996. The lowest BCUT2D eigenvalue weighted by Crippen LogP contribution is -2.16. The minimum atomic E-state index is -0.686. The molecular weight excluding hydrogens is 412 g/mol. The Morgan fingerprint density at radius 3 is 2.84 bits per heavy atom. The van der Waals surface area contributed by atoms with E-state index in [4.69, 9.17) is 28.5 Å². The fraction of sp³-hybridized carbons (Fsp3) is 0.300. The number of hydrogen-bond acceptors (Lipinski definition) is 10. The molecule has 2 aliphatic rings. The highest BCUT2D eigenvalue weighted by atomic mass is 16.7. The van der Waals surface area contributed by atoms with Gasteiger partial charge in [0.15, 0.2) is 18.3 Å². The number of esters is 1. The van der Waals surface area contributed by atoms with Gasteiger partial charge < -0.3 is 28.5 Å². The van der Waals surface area contributed by atoms with E-state index in [9.17, 15) is 14.9 Å². The molecule has 0 spiro atoms. The highest BCUT2D eigenvalue weighted by molar-refractivity contribution is 5.99. The van der Waals surface area contributed by atoms with Gasteiger partial charge in [0.2, 0.25) is 13.4 Å². The van der Waals surface area contributed by atoms with Gasteiger partial charge >= 0.3 is 5.97 Å². The number of hydrogen-bond donors (Lipinski definition) is 0. The molecule has 0 N–H and O–H groups in total. The lowest BCUT2D eigenvalue weighted by Gasteiger charge is -2.20. The van der Waals surface area contributed by atoms with E-state index in [-0.39, 0.29) is 32.5 Å². The molecule has 0 radical (unpaired) electrons. The Morgan fingerprint density at radius 2 is 2.00 bits per heavy atom. The van der Waals surface area contributed by atoms with Crippen molar-refractivity contribution in [1.29, 1.82) is 0 Å². The van der Waals surface area contributed by atoms with Gasteiger partial charge in [-0.3, -0.25) is 10.1 Å². The Balaban J connectivity index is 1.34. The van der Waals surface area contributed by atoms with Crippen molar-refractivity contribution in [3.8, 4) is 17.2 Å². The van der Waals surface area contributed by atoms with Crippen LogP contribution in [0.4, 0.5) is 5.69 Å². The van der Waals surface area contributed by atoms with Gasteiger partial charge in [-0.2, -0.15) is 0 Å². The van der Waals surface area contributed by atoms with Crippen molar-refractivity contribution in [3.63, 3.8) is 0 Å². The Kier molecular flexibility index (Phi) is 5.85. The zero-order valence-corrected chi connectivity index (χ0v) is 16.5. The average Bonchev–Trinajstić information content (AvgIpc) is 3.25. The van der Waals surface area contributed by atoms with Gasteiger partial charge in [0, 0.05) is 28.8 Å². The Morgan fingerprint density at radius 1 is 1.16 bits per heavy atom. The number of benzene rings is 2. The number of fused-ring (bicyclic) bond motifs is 2.